The number of hydrogen-bond donors (Lipinski definition) is 2. The van der Waals surface area contributed by atoms with Crippen LogP contribution in [0, 0.1) is 22.0 Å². The van der Waals surface area contributed by atoms with Crippen LogP contribution >= 0.6 is 0 Å². The number of rotatable bonds is 8. The maximum Gasteiger partial charge on any atom is 0.325 e. The Morgan fingerprint density at radius 1 is 1.11 bits per heavy atom. The molecule has 194 valence electrons. The highest BCUT2D eigenvalue weighted by Crippen LogP contribution is 2.51. The third-order valence-electron chi connectivity index (χ3n) is 7.28. The van der Waals surface area contributed by atoms with Crippen LogP contribution < -0.4 is 10.1 Å². The van der Waals surface area contributed by atoms with Crippen LogP contribution in [0.5, 0.6) is 5.75 Å². The first kappa shape index (κ1) is 25.0. The summed E-state index contributed by atoms with van der Waals surface area (Å²) in [5.74, 6) is -4.22. The fourth-order valence-corrected chi connectivity index (χ4v) is 5.55. The number of non-ortho nitro benzene ring substituents is 1. The lowest BCUT2D eigenvalue weighted by atomic mass is 9.76. The minimum atomic E-state index is -1.86. The number of aromatic nitrogens is 1. The molecule has 5 rings (SSSR count). The molecule has 0 radical (unpaired) electrons. The summed E-state index contributed by atoms with van der Waals surface area (Å²) in [6, 6.07) is 16.7. The highest BCUT2D eigenvalue weighted by Gasteiger charge is 2.68. The van der Waals surface area contributed by atoms with Gasteiger partial charge in [-0.05, 0) is 23.8 Å². The number of carbonyl (C=O) groups excluding carboxylic acids is 2. The van der Waals surface area contributed by atoms with Crippen molar-refractivity contribution in [3.05, 3.63) is 99.9 Å². The van der Waals surface area contributed by atoms with Crippen LogP contribution in [0.4, 0.5) is 5.69 Å². The molecule has 4 unspecified atom stereocenters. The van der Waals surface area contributed by atoms with Crippen molar-refractivity contribution < 1.29 is 29.2 Å². The number of nitrogens with one attached hydrogen (secondary N) is 1. The Hall–Kier alpha value is -4.64. The summed E-state index contributed by atoms with van der Waals surface area (Å²) < 4.78 is 5.50. The molecule has 0 bridgehead atoms. The molecule has 2 aliphatic heterocycles. The number of benzene rings is 2. The average Bonchev–Trinajstić information content (AvgIpc) is 3.39. The molecule has 2 amide bonds. The van der Waals surface area contributed by atoms with Crippen molar-refractivity contribution >= 4 is 23.5 Å². The van der Waals surface area contributed by atoms with Gasteiger partial charge in [0.1, 0.15) is 11.3 Å². The molecule has 38 heavy (non-hydrogen) atoms. The third kappa shape index (κ3) is 4.06. The second kappa shape index (κ2) is 9.67. The van der Waals surface area contributed by atoms with E-state index in [1.807, 2.05) is 0 Å². The number of nitro benzene ring substituents is 1. The first-order valence-electron chi connectivity index (χ1n) is 11.9. The van der Waals surface area contributed by atoms with Crippen LogP contribution in [0.25, 0.3) is 0 Å². The zero-order chi connectivity index (χ0) is 27.0. The molecule has 0 spiro atoms. The summed E-state index contributed by atoms with van der Waals surface area (Å²) in [5.41, 5.74) is -0.494. The topological polar surface area (TPSA) is 152 Å². The van der Waals surface area contributed by atoms with Crippen molar-refractivity contribution in [2.75, 3.05) is 7.11 Å². The first-order valence-corrected chi connectivity index (χ1v) is 11.9. The molecule has 1 aromatic heterocycles. The molecule has 2 N–H and O–H groups in total. The zero-order valence-corrected chi connectivity index (χ0v) is 20.3. The third-order valence-corrected chi connectivity index (χ3v) is 7.28. The van der Waals surface area contributed by atoms with Gasteiger partial charge >= 0.3 is 5.97 Å². The smallest absolute Gasteiger partial charge is 0.325 e. The van der Waals surface area contributed by atoms with E-state index in [0.717, 1.165) is 4.90 Å². The van der Waals surface area contributed by atoms with Crippen molar-refractivity contribution in [1.29, 1.82) is 0 Å². The number of carboxylic acid groups (broad SMARTS) is 1. The highest BCUT2D eigenvalue weighted by molar-refractivity contribution is 6.09. The van der Waals surface area contributed by atoms with Crippen molar-refractivity contribution in [2.45, 2.75) is 24.5 Å². The molecule has 2 aromatic carbocycles. The molecule has 11 nitrogen and oxygen atoms in total. The molecular weight excluding hydrogens is 492 g/mol. The maximum absolute atomic E-state index is 13.8. The number of pyridine rings is 1. The Kier molecular flexibility index (Phi) is 6.37. The first-order chi connectivity index (χ1) is 18.3. The number of imide groups is 1. The van der Waals surface area contributed by atoms with E-state index in [2.05, 4.69) is 10.3 Å². The van der Waals surface area contributed by atoms with E-state index in [1.165, 1.54) is 31.4 Å². The molecule has 2 fully saturated rings. The van der Waals surface area contributed by atoms with Crippen LogP contribution in [0.3, 0.4) is 0 Å². The molecular formula is C27H24N4O7. The van der Waals surface area contributed by atoms with Crippen LogP contribution in [0.2, 0.25) is 0 Å². The molecule has 2 saturated heterocycles. The highest BCUT2D eigenvalue weighted by atomic mass is 16.6. The number of hydrogen-bond acceptors (Lipinski definition) is 8. The lowest BCUT2D eigenvalue weighted by Crippen LogP contribution is -2.57. The minimum Gasteiger partial charge on any atom is -0.496 e. The van der Waals surface area contributed by atoms with Crippen molar-refractivity contribution in [2.24, 2.45) is 11.8 Å². The number of nitro groups is 1. The Morgan fingerprint density at radius 3 is 2.45 bits per heavy atom. The van der Waals surface area contributed by atoms with Gasteiger partial charge in [0.2, 0.25) is 11.8 Å². The van der Waals surface area contributed by atoms with Gasteiger partial charge in [0.25, 0.3) is 5.69 Å². The summed E-state index contributed by atoms with van der Waals surface area (Å²) in [6.07, 6.45) is 1.38. The number of methoxy groups -OCH3 is 1. The largest absolute Gasteiger partial charge is 0.496 e. The van der Waals surface area contributed by atoms with E-state index >= 15 is 0 Å². The number of fused-ring (bicyclic) bond motifs is 1. The summed E-state index contributed by atoms with van der Waals surface area (Å²) in [6.45, 7) is -0.0859. The summed E-state index contributed by atoms with van der Waals surface area (Å²) in [5, 5.41) is 24.8. The predicted molar refractivity (Wildman–Crippen MR) is 133 cm³/mol. The molecule has 3 aromatic rings. The zero-order valence-electron chi connectivity index (χ0n) is 20.3. The second-order valence-electron chi connectivity index (χ2n) is 9.33. The number of amides is 2. The Morgan fingerprint density at radius 2 is 1.82 bits per heavy atom. The van der Waals surface area contributed by atoms with Gasteiger partial charge in [-0.25, -0.2) is 0 Å². The van der Waals surface area contributed by atoms with E-state index in [-0.39, 0.29) is 18.7 Å². The number of nitrogens with zero attached hydrogens (tertiary/aromatic N) is 3. The quantitative estimate of drug-likeness (QED) is 0.261. The minimum absolute atomic E-state index is 0.0859. The van der Waals surface area contributed by atoms with E-state index in [9.17, 15) is 29.6 Å². The lowest BCUT2D eigenvalue weighted by Gasteiger charge is -2.31. The number of carboxylic acids is 1. The average molecular weight is 517 g/mol. The van der Waals surface area contributed by atoms with Crippen molar-refractivity contribution in [3.8, 4) is 5.75 Å². The normalized spacial score (nSPS) is 24.3. The van der Waals surface area contributed by atoms with Crippen LogP contribution in [-0.4, -0.2) is 50.3 Å². The van der Waals surface area contributed by atoms with Gasteiger partial charge in [0, 0.05) is 36.4 Å². The van der Waals surface area contributed by atoms with E-state index in [4.69, 9.17) is 4.74 Å². The molecule has 4 atom stereocenters. The van der Waals surface area contributed by atoms with E-state index in [1.54, 1.807) is 48.7 Å². The predicted octanol–water partition coefficient (Wildman–Crippen LogP) is 2.51. The van der Waals surface area contributed by atoms with Crippen LogP contribution in [0.1, 0.15) is 22.9 Å². The molecule has 3 heterocycles. The van der Waals surface area contributed by atoms with E-state index < -0.39 is 46.1 Å². The van der Waals surface area contributed by atoms with Gasteiger partial charge in [0.05, 0.1) is 36.1 Å². The fraction of sp³-hybridized carbons (Fsp3) is 0.259. The number of ether oxygens (including phenoxy) is 1. The number of carbonyl (C=O) groups is 3. The summed E-state index contributed by atoms with van der Waals surface area (Å²) in [7, 11) is 1.47. The van der Waals surface area contributed by atoms with Gasteiger partial charge in [-0.3, -0.25) is 39.7 Å². The lowest BCUT2D eigenvalue weighted by molar-refractivity contribution is -0.384. The molecule has 2 aliphatic rings. The Bertz CT molecular complexity index is 1410. The van der Waals surface area contributed by atoms with Crippen LogP contribution in [0.15, 0.2) is 72.9 Å². The van der Waals surface area contributed by atoms with Gasteiger partial charge < -0.3 is 9.84 Å². The molecule has 0 aliphatic carbocycles. The summed E-state index contributed by atoms with van der Waals surface area (Å²) in [4.78, 5) is 56.5. The number of likely N-dealkylation sites (tertiary alicyclic amines) is 1. The number of aliphatic carboxylic acids is 1. The van der Waals surface area contributed by atoms with E-state index in [0.29, 0.717) is 22.6 Å². The number of para-hydroxylation sites is 1. The SMILES string of the molecule is COc1ccccc1C1NC(Cc2ccc([N+](=O)[O-])cc2)(C(=O)O)C2C(=O)N(Cc3ccccn3)C(=O)C12. The molecule has 0 saturated carbocycles. The summed E-state index contributed by atoms with van der Waals surface area (Å²) >= 11 is 0. The molecule has 11 heteroatoms. The van der Waals surface area contributed by atoms with Crippen molar-refractivity contribution in [1.82, 2.24) is 15.2 Å². The standard InChI is InChI=1S/C27H24N4O7/c1-38-20-8-3-2-7-19(20)23-21-22(25(33)30(24(21)32)15-17-6-4-5-13-28-17)27(29-23,26(34)35)14-16-9-11-18(12-10-16)31(36)37/h2-13,21-23,29H,14-15H2,1H3,(H,34,35). The second-order valence-corrected chi connectivity index (χ2v) is 9.33. The van der Waals surface area contributed by atoms with Crippen molar-refractivity contribution in [3.63, 3.8) is 0 Å². The Labute approximate surface area is 217 Å². The fourth-order valence-electron chi connectivity index (χ4n) is 5.55. The van der Waals surface area contributed by atoms with Gasteiger partial charge in [-0.1, -0.05) is 36.4 Å². The maximum atomic E-state index is 13.8. The van der Waals surface area contributed by atoms with Gasteiger partial charge in [-0.2, -0.15) is 0 Å². The van der Waals surface area contributed by atoms with Crippen LogP contribution in [-0.2, 0) is 27.3 Å². The van der Waals surface area contributed by atoms with Gasteiger partial charge in [0.15, 0.2) is 0 Å². The Balaban J connectivity index is 1.61. The monoisotopic (exact) mass is 516 g/mol. The van der Waals surface area contributed by atoms with Gasteiger partial charge in [-0.15, -0.1) is 0 Å².